The predicted molar refractivity (Wildman–Crippen MR) is 102 cm³/mol. The van der Waals surface area contributed by atoms with Crippen molar-refractivity contribution in [3.63, 3.8) is 0 Å². The van der Waals surface area contributed by atoms with Crippen LogP contribution in [-0.2, 0) is 0 Å². The molecule has 2 aromatic heterocycles. The van der Waals surface area contributed by atoms with Gasteiger partial charge in [0.1, 0.15) is 17.4 Å². The van der Waals surface area contributed by atoms with Gasteiger partial charge in [-0.3, -0.25) is 5.43 Å². The van der Waals surface area contributed by atoms with Crippen molar-refractivity contribution < 1.29 is 14.3 Å². The summed E-state index contributed by atoms with van der Waals surface area (Å²) in [5.74, 6) is -0.576. The molecular formula is C18H11BrN4O3. The lowest BCUT2D eigenvalue weighted by Crippen LogP contribution is -1.99. The van der Waals surface area contributed by atoms with Crippen LogP contribution in [0.1, 0.15) is 15.9 Å². The second kappa shape index (κ2) is 6.57. The van der Waals surface area contributed by atoms with Gasteiger partial charge in [0.05, 0.1) is 11.8 Å². The fourth-order valence-corrected chi connectivity index (χ4v) is 2.89. The topological polar surface area (TPSA) is 101 Å². The Hall–Kier alpha value is -3.26. The van der Waals surface area contributed by atoms with E-state index in [0.717, 1.165) is 9.86 Å². The number of aromatic carboxylic acids is 1. The Morgan fingerprint density at radius 1 is 1.23 bits per heavy atom. The van der Waals surface area contributed by atoms with E-state index in [0.29, 0.717) is 28.1 Å². The molecule has 0 saturated heterocycles. The van der Waals surface area contributed by atoms with Gasteiger partial charge in [0.2, 0.25) is 0 Å². The minimum absolute atomic E-state index is 0.177. The molecule has 0 bridgehead atoms. The number of nitrogens with zero attached hydrogens (tertiary/aromatic N) is 3. The smallest absolute Gasteiger partial charge is 0.335 e. The number of carboxylic acids is 1. The quantitative estimate of drug-likeness (QED) is 0.384. The Kier molecular flexibility index (Phi) is 4.10. The van der Waals surface area contributed by atoms with Crippen LogP contribution in [0.3, 0.4) is 0 Å². The van der Waals surface area contributed by atoms with E-state index < -0.39 is 5.97 Å². The van der Waals surface area contributed by atoms with Gasteiger partial charge in [0, 0.05) is 15.4 Å². The predicted octanol–water partition coefficient (Wildman–Crippen LogP) is 4.28. The summed E-state index contributed by atoms with van der Waals surface area (Å²) in [6.07, 6.45) is 2.94. The molecule has 0 amide bonds. The summed E-state index contributed by atoms with van der Waals surface area (Å²) < 4.78 is 6.54. The van der Waals surface area contributed by atoms with Crippen molar-refractivity contribution >= 4 is 56.0 Å². The number of aromatic nitrogens is 2. The lowest BCUT2D eigenvalue weighted by molar-refractivity contribution is 0.0697. The van der Waals surface area contributed by atoms with Crippen LogP contribution >= 0.6 is 15.9 Å². The largest absolute Gasteiger partial charge is 0.478 e. The van der Waals surface area contributed by atoms with Gasteiger partial charge in [-0.25, -0.2) is 14.8 Å². The summed E-state index contributed by atoms with van der Waals surface area (Å²) in [5.41, 5.74) is 5.54. The lowest BCUT2D eigenvalue weighted by Gasteiger charge is -2.02. The first kappa shape index (κ1) is 16.2. The fraction of sp³-hybridized carbons (Fsp3) is 0. The van der Waals surface area contributed by atoms with Gasteiger partial charge in [-0.2, -0.15) is 5.10 Å². The second-order valence-electron chi connectivity index (χ2n) is 5.41. The number of para-hydroxylation sites is 1. The van der Waals surface area contributed by atoms with Gasteiger partial charge in [0.15, 0.2) is 11.4 Å². The van der Waals surface area contributed by atoms with Crippen LogP contribution in [0.15, 0.2) is 62.8 Å². The highest BCUT2D eigenvalue weighted by Crippen LogP contribution is 2.30. The molecular weight excluding hydrogens is 400 g/mol. The molecule has 2 heterocycles. The maximum absolute atomic E-state index is 11.1. The number of nitrogens with one attached hydrogen (secondary N) is 1. The number of halogens is 1. The maximum atomic E-state index is 11.1. The van der Waals surface area contributed by atoms with E-state index in [2.05, 4.69) is 36.4 Å². The normalized spacial score (nSPS) is 11.4. The van der Waals surface area contributed by atoms with Gasteiger partial charge in [-0.1, -0.05) is 28.1 Å². The van der Waals surface area contributed by atoms with Gasteiger partial charge >= 0.3 is 5.97 Å². The first-order chi connectivity index (χ1) is 12.6. The number of furan rings is 1. The Morgan fingerprint density at radius 2 is 2.08 bits per heavy atom. The van der Waals surface area contributed by atoms with E-state index in [9.17, 15) is 4.79 Å². The SMILES string of the molecule is O=C(O)c1ccc(Br)c(/C=N/Nc2ncnc3c2oc2ccccc23)c1. The second-order valence-corrected chi connectivity index (χ2v) is 6.26. The standard InChI is InChI=1S/C18H11BrN4O3/c19-13-6-5-10(18(24)25)7-11(13)8-22-23-17-16-15(20-9-21-17)12-3-1-2-4-14(12)26-16/h1-9H,(H,24,25)(H,20,21,23)/b22-8+. The molecule has 128 valence electrons. The van der Waals surface area contributed by atoms with Crippen molar-refractivity contribution in [2.24, 2.45) is 5.10 Å². The Balaban J connectivity index is 1.67. The Labute approximate surface area is 155 Å². The van der Waals surface area contributed by atoms with E-state index >= 15 is 0 Å². The maximum Gasteiger partial charge on any atom is 0.335 e. The Morgan fingerprint density at radius 3 is 2.92 bits per heavy atom. The van der Waals surface area contributed by atoms with Crippen molar-refractivity contribution in [1.29, 1.82) is 0 Å². The molecule has 2 N–H and O–H groups in total. The van der Waals surface area contributed by atoms with E-state index in [1.165, 1.54) is 24.7 Å². The molecule has 7 nitrogen and oxygen atoms in total. The van der Waals surface area contributed by atoms with Gasteiger partial charge in [-0.05, 0) is 30.3 Å². The first-order valence-corrected chi connectivity index (χ1v) is 8.37. The van der Waals surface area contributed by atoms with E-state index in [-0.39, 0.29) is 5.56 Å². The van der Waals surface area contributed by atoms with Crippen molar-refractivity contribution in [3.05, 3.63) is 64.4 Å². The van der Waals surface area contributed by atoms with Crippen LogP contribution in [-0.4, -0.2) is 27.3 Å². The number of benzene rings is 2. The summed E-state index contributed by atoms with van der Waals surface area (Å²) in [6.45, 7) is 0. The molecule has 0 unspecified atom stereocenters. The molecule has 0 saturated carbocycles. The number of hydrazone groups is 1. The molecule has 0 aliphatic rings. The molecule has 0 radical (unpaired) electrons. The van der Waals surface area contributed by atoms with Crippen LogP contribution in [0.4, 0.5) is 5.82 Å². The van der Waals surface area contributed by atoms with Gasteiger partial charge < -0.3 is 9.52 Å². The number of hydrogen-bond donors (Lipinski definition) is 2. The highest BCUT2D eigenvalue weighted by atomic mass is 79.9. The molecule has 8 heteroatoms. The first-order valence-electron chi connectivity index (χ1n) is 7.57. The molecule has 26 heavy (non-hydrogen) atoms. The van der Waals surface area contributed by atoms with Crippen LogP contribution in [0, 0.1) is 0 Å². The molecule has 0 spiro atoms. The number of fused-ring (bicyclic) bond motifs is 3. The monoisotopic (exact) mass is 410 g/mol. The number of carboxylic acid groups (broad SMARTS) is 1. The summed E-state index contributed by atoms with van der Waals surface area (Å²) in [7, 11) is 0. The van der Waals surface area contributed by atoms with Crippen LogP contribution in [0.25, 0.3) is 22.1 Å². The van der Waals surface area contributed by atoms with Gasteiger partial charge in [-0.15, -0.1) is 0 Å². The lowest BCUT2D eigenvalue weighted by atomic mass is 10.1. The van der Waals surface area contributed by atoms with Crippen LogP contribution < -0.4 is 5.43 Å². The van der Waals surface area contributed by atoms with Crippen molar-refractivity contribution in [2.45, 2.75) is 0 Å². The molecule has 4 aromatic rings. The number of carbonyl (C=O) groups is 1. The molecule has 0 aliphatic carbocycles. The highest BCUT2D eigenvalue weighted by Gasteiger charge is 2.12. The molecule has 0 fully saturated rings. The van der Waals surface area contributed by atoms with E-state index in [1.54, 1.807) is 6.07 Å². The van der Waals surface area contributed by atoms with E-state index in [1.807, 2.05) is 24.3 Å². The molecule has 0 aliphatic heterocycles. The van der Waals surface area contributed by atoms with Crippen LogP contribution in [0.2, 0.25) is 0 Å². The molecule has 4 rings (SSSR count). The third kappa shape index (κ3) is 2.91. The summed E-state index contributed by atoms with van der Waals surface area (Å²) in [4.78, 5) is 19.5. The number of rotatable bonds is 4. The Bertz CT molecular complexity index is 1170. The van der Waals surface area contributed by atoms with Crippen molar-refractivity contribution in [3.8, 4) is 0 Å². The fourth-order valence-electron chi connectivity index (χ4n) is 2.54. The van der Waals surface area contributed by atoms with Gasteiger partial charge in [0.25, 0.3) is 0 Å². The third-order valence-corrected chi connectivity index (χ3v) is 4.50. The zero-order chi connectivity index (χ0) is 18.1. The van der Waals surface area contributed by atoms with E-state index in [4.69, 9.17) is 9.52 Å². The summed E-state index contributed by atoms with van der Waals surface area (Å²) in [6, 6.07) is 12.3. The average molecular weight is 411 g/mol. The minimum Gasteiger partial charge on any atom is -0.478 e. The number of anilines is 1. The van der Waals surface area contributed by atoms with Crippen molar-refractivity contribution in [1.82, 2.24) is 9.97 Å². The number of hydrogen-bond acceptors (Lipinski definition) is 6. The van der Waals surface area contributed by atoms with Crippen molar-refractivity contribution in [2.75, 3.05) is 5.43 Å². The zero-order valence-electron chi connectivity index (χ0n) is 13.2. The molecule has 2 aromatic carbocycles. The zero-order valence-corrected chi connectivity index (χ0v) is 14.8. The average Bonchev–Trinajstić information content (AvgIpc) is 3.03. The highest BCUT2D eigenvalue weighted by molar-refractivity contribution is 9.10. The third-order valence-electron chi connectivity index (χ3n) is 3.78. The molecule has 0 atom stereocenters. The van der Waals surface area contributed by atoms with Crippen LogP contribution in [0.5, 0.6) is 0 Å². The summed E-state index contributed by atoms with van der Waals surface area (Å²) in [5, 5.41) is 14.1. The summed E-state index contributed by atoms with van der Waals surface area (Å²) >= 11 is 3.37. The minimum atomic E-state index is -1.00.